The van der Waals surface area contributed by atoms with E-state index in [1.807, 2.05) is 25.1 Å². The lowest BCUT2D eigenvalue weighted by atomic mass is 10.1. The monoisotopic (exact) mass is 265 g/mol. The van der Waals surface area contributed by atoms with Gasteiger partial charge in [-0.2, -0.15) is 0 Å². The third-order valence-electron chi connectivity index (χ3n) is 2.89. The summed E-state index contributed by atoms with van der Waals surface area (Å²) < 4.78 is 10.4. The Kier molecular flexibility index (Phi) is 6.79. The molecular weight excluding hydrogens is 242 g/mol. The van der Waals surface area contributed by atoms with Crippen molar-refractivity contribution in [3.63, 3.8) is 0 Å². The van der Waals surface area contributed by atoms with E-state index in [2.05, 4.69) is 5.32 Å². The van der Waals surface area contributed by atoms with Crippen LogP contribution in [0.15, 0.2) is 18.2 Å². The maximum atomic E-state index is 11.5. The highest BCUT2D eigenvalue weighted by molar-refractivity contribution is 5.75. The standard InChI is InChI=1S/C15H23NO3/c1-4-10-16-15(17)7-5-6-12-8-9-13(18-2)14(11-12)19-3/h8-9,11H,4-7,10H2,1-3H3,(H,16,17). The Morgan fingerprint density at radius 1 is 1.21 bits per heavy atom. The molecule has 0 spiro atoms. The fourth-order valence-electron chi connectivity index (χ4n) is 1.84. The van der Waals surface area contributed by atoms with Gasteiger partial charge < -0.3 is 14.8 Å². The summed E-state index contributed by atoms with van der Waals surface area (Å²) in [5.74, 6) is 1.59. The van der Waals surface area contributed by atoms with Gasteiger partial charge in [0.2, 0.25) is 5.91 Å². The molecule has 0 aliphatic heterocycles. The molecule has 0 fully saturated rings. The molecule has 0 saturated heterocycles. The number of benzene rings is 1. The van der Waals surface area contributed by atoms with Crippen LogP contribution < -0.4 is 14.8 Å². The van der Waals surface area contributed by atoms with Gasteiger partial charge in [-0.05, 0) is 37.0 Å². The summed E-state index contributed by atoms with van der Waals surface area (Å²) in [6.45, 7) is 2.80. The predicted octanol–water partition coefficient (Wildman–Crippen LogP) is 2.55. The van der Waals surface area contributed by atoms with Crippen LogP contribution >= 0.6 is 0 Å². The third kappa shape index (κ3) is 5.20. The zero-order valence-corrected chi connectivity index (χ0v) is 12.0. The highest BCUT2D eigenvalue weighted by atomic mass is 16.5. The van der Waals surface area contributed by atoms with E-state index in [9.17, 15) is 4.79 Å². The van der Waals surface area contributed by atoms with Crippen molar-refractivity contribution in [3.8, 4) is 11.5 Å². The molecule has 0 radical (unpaired) electrons. The molecule has 4 nitrogen and oxygen atoms in total. The molecular formula is C15H23NO3. The largest absolute Gasteiger partial charge is 0.493 e. The van der Waals surface area contributed by atoms with Gasteiger partial charge in [0.25, 0.3) is 0 Å². The van der Waals surface area contributed by atoms with E-state index >= 15 is 0 Å². The molecule has 1 rings (SSSR count). The lowest BCUT2D eigenvalue weighted by Gasteiger charge is -2.09. The van der Waals surface area contributed by atoms with Gasteiger partial charge in [0, 0.05) is 13.0 Å². The average Bonchev–Trinajstić information content (AvgIpc) is 2.44. The number of rotatable bonds is 8. The van der Waals surface area contributed by atoms with E-state index in [0.29, 0.717) is 6.42 Å². The fraction of sp³-hybridized carbons (Fsp3) is 0.533. The Hall–Kier alpha value is -1.71. The first-order chi connectivity index (χ1) is 9.21. The molecule has 106 valence electrons. The molecule has 0 saturated carbocycles. The minimum Gasteiger partial charge on any atom is -0.493 e. The summed E-state index contributed by atoms with van der Waals surface area (Å²) in [6, 6.07) is 5.86. The van der Waals surface area contributed by atoms with E-state index in [-0.39, 0.29) is 5.91 Å². The quantitative estimate of drug-likeness (QED) is 0.785. The van der Waals surface area contributed by atoms with Gasteiger partial charge in [-0.25, -0.2) is 0 Å². The number of methoxy groups -OCH3 is 2. The summed E-state index contributed by atoms with van der Waals surface area (Å²) in [5.41, 5.74) is 1.15. The maximum absolute atomic E-state index is 11.5. The summed E-state index contributed by atoms with van der Waals surface area (Å²) in [4.78, 5) is 11.5. The highest BCUT2D eigenvalue weighted by Gasteiger charge is 2.05. The Bertz CT molecular complexity index is 404. The first kappa shape index (κ1) is 15.3. The molecule has 0 unspecified atom stereocenters. The topological polar surface area (TPSA) is 47.6 Å². The number of aryl methyl sites for hydroxylation is 1. The van der Waals surface area contributed by atoms with Crippen molar-refractivity contribution >= 4 is 5.91 Å². The first-order valence-electron chi connectivity index (χ1n) is 6.68. The van der Waals surface area contributed by atoms with Gasteiger partial charge in [0.05, 0.1) is 14.2 Å². The lowest BCUT2D eigenvalue weighted by Crippen LogP contribution is -2.23. The van der Waals surface area contributed by atoms with Crippen LogP contribution in [-0.2, 0) is 11.2 Å². The summed E-state index contributed by atoms with van der Waals surface area (Å²) in [5, 5.41) is 2.88. The van der Waals surface area contributed by atoms with Crippen molar-refractivity contribution in [1.82, 2.24) is 5.32 Å². The molecule has 1 N–H and O–H groups in total. The van der Waals surface area contributed by atoms with E-state index < -0.39 is 0 Å². The van der Waals surface area contributed by atoms with Crippen LogP contribution in [0.25, 0.3) is 0 Å². The number of nitrogens with one attached hydrogen (secondary N) is 1. The molecule has 0 bridgehead atoms. The van der Waals surface area contributed by atoms with Crippen molar-refractivity contribution in [2.75, 3.05) is 20.8 Å². The molecule has 1 aromatic carbocycles. The van der Waals surface area contributed by atoms with Crippen LogP contribution in [0, 0.1) is 0 Å². The third-order valence-corrected chi connectivity index (χ3v) is 2.89. The van der Waals surface area contributed by atoms with Crippen molar-refractivity contribution < 1.29 is 14.3 Å². The van der Waals surface area contributed by atoms with E-state index in [0.717, 1.165) is 42.9 Å². The molecule has 0 aromatic heterocycles. The Morgan fingerprint density at radius 3 is 2.58 bits per heavy atom. The van der Waals surface area contributed by atoms with Crippen molar-refractivity contribution in [2.24, 2.45) is 0 Å². The Morgan fingerprint density at radius 2 is 1.95 bits per heavy atom. The molecule has 1 aromatic rings. The number of amides is 1. The highest BCUT2D eigenvalue weighted by Crippen LogP contribution is 2.28. The zero-order valence-electron chi connectivity index (χ0n) is 12.0. The van der Waals surface area contributed by atoms with Crippen LogP contribution in [0.1, 0.15) is 31.7 Å². The number of carbonyl (C=O) groups excluding carboxylic acids is 1. The average molecular weight is 265 g/mol. The minimum atomic E-state index is 0.127. The van der Waals surface area contributed by atoms with Crippen molar-refractivity contribution in [1.29, 1.82) is 0 Å². The molecule has 0 atom stereocenters. The second-order valence-electron chi connectivity index (χ2n) is 4.39. The van der Waals surface area contributed by atoms with E-state index in [4.69, 9.17) is 9.47 Å². The maximum Gasteiger partial charge on any atom is 0.220 e. The Labute approximate surface area is 115 Å². The minimum absolute atomic E-state index is 0.127. The molecule has 4 heteroatoms. The predicted molar refractivity (Wildman–Crippen MR) is 75.8 cm³/mol. The van der Waals surface area contributed by atoms with Crippen LogP contribution in [0.3, 0.4) is 0 Å². The molecule has 0 aliphatic carbocycles. The summed E-state index contributed by atoms with van der Waals surface area (Å²) >= 11 is 0. The number of hydrogen-bond acceptors (Lipinski definition) is 3. The molecule has 1 amide bonds. The van der Waals surface area contributed by atoms with Crippen LogP contribution in [0.2, 0.25) is 0 Å². The molecule has 0 aliphatic rings. The first-order valence-corrected chi connectivity index (χ1v) is 6.68. The van der Waals surface area contributed by atoms with Gasteiger partial charge in [0.15, 0.2) is 11.5 Å². The second-order valence-corrected chi connectivity index (χ2v) is 4.39. The van der Waals surface area contributed by atoms with Gasteiger partial charge in [-0.1, -0.05) is 13.0 Å². The second kappa shape index (κ2) is 8.40. The molecule has 0 heterocycles. The van der Waals surface area contributed by atoms with Gasteiger partial charge in [-0.3, -0.25) is 4.79 Å². The fourth-order valence-corrected chi connectivity index (χ4v) is 1.84. The Balaban J connectivity index is 2.43. The van der Waals surface area contributed by atoms with Crippen LogP contribution in [0.5, 0.6) is 11.5 Å². The van der Waals surface area contributed by atoms with Gasteiger partial charge >= 0.3 is 0 Å². The van der Waals surface area contributed by atoms with Crippen molar-refractivity contribution in [3.05, 3.63) is 23.8 Å². The lowest BCUT2D eigenvalue weighted by molar-refractivity contribution is -0.121. The van der Waals surface area contributed by atoms with Gasteiger partial charge in [0.1, 0.15) is 0 Å². The summed E-state index contributed by atoms with van der Waals surface area (Å²) in [6.07, 6.45) is 3.24. The molecule has 19 heavy (non-hydrogen) atoms. The smallest absolute Gasteiger partial charge is 0.220 e. The SMILES string of the molecule is CCCNC(=O)CCCc1ccc(OC)c(OC)c1. The summed E-state index contributed by atoms with van der Waals surface area (Å²) in [7, 11) is 3.25. The number of carbonyl (C=O) groups is 1. The number of ether oxygens (including phenoxy) is 2. The van der Waals surface area contributed by atoms with Crippen molar-refractivity contribution in [2.45, 2.75) is 32.6 Å². The number of hydrogen-bond donors (Lipinski definition) is 1. The van der Waals surface area contributed by atoms with E-state index in [1.54, 1.807) is 14.2 Å². The van der Waals surface area contributed by atoms with Crippen LogP contribution in [0.4, 0.5) is 0 Å². The van der Waals surface area contributed by atoms with E-state index in [1.165, 1.54) is 0 Å². The zero-order chi connectivity index (χ0) is 14.1. The van der Waals surface area contributed by atoms with Crippen LogP contribution in [-0.4, -0.2) is 26.7 Å². The van der Waals surface area contributed by atoms with Gasteiger partial charge in [-0.15, -0.1) is 0 Å². The normalized spacial score (nSPS) is 10.1.